The summed E-state index contributed by atoms with van der Waals surface area (Å²) in [5, 5.41) is 43.1. The van der Waals surface area contributed by atoms with Crippen molar-refractivity contribution in [2.24, 2.45) is 0 Å². The lowest BCUT2D eigenvalue weighted by Gasteiger charge is -2.10. The molecular weight excluding hydrogens is 885 g/mol. The lowest BCUT2D eigenvalue weighted by Crippen LogP contribution is -2.30. The molecule has 2 rings (SSSR count). The van der Waals surface area contributed by atoms with E-state index >= 15 is 0 Å². The molecule has 0 aliphatic heterocycles. The van der Waals surface area contributed by atoms with Gasteiger partial charge < -0.3 is 40.5 Å². The number of ether oxygens (including phenoxy) is 2. The number of benzene rings is 2. The minimum absolute atomic E-state index is 0.164. The van der Waals surface area contributed by atoms with Crippen LogP contribution in [-0.2, 0) is 41.6 Å². The van der Waals surface area contributed by atoms with E-state index in [-0.39, 0.29) is 55.1 Å². The largest absolute Gasteiger partial charge is 0.504 e. The van der Waals surface area contributed by atoms with Crippen molar-refractivity contribution in [1.29, 1.82) is 0 Å². The highest BCUT2D eigenvalue weighted by Crippen LogP contribution is 2.28. The second kappa shape index (κ2) is 35.8. The molecule has 0 saturated heterocycles. The first-order valence-corrected chi connectivity index (χ1v) is 24.7. The van der Waals surface area contributed by atoms with E-state index < -0.39 is 17.8 Å². The monoisotopic (exact) mass is 969 g/mol. The molecule has 0 aliphatic carbocycles. The Morgan fingerprint density at radius 2 is 1.01 bits per heavy atom. The molecule has 6 N–H and O–H groups in total. The van der Waals surface area contributed by atoms with Crippen molar-refractivity contribution in [3.63, 3.8) is 0 Å². The number of rotatable bonds is 29. The molecule has 2 aromatic rings. The summed E-state index contributed by atoms with van der Waals surface area (Å²) in [5.74, 6) is -2.58. The number of amides is 2. The number of hydrogen-bond acceptors (Lipinski definition) is 10. The molecule has 386 valence electrons. The first-order valence-electron chi connectivity index (χ1n) is 24.7. The third kappa shape index (κ3) is 31.0. The molecule has 0 spiro atoms. The fourth-order valence-corrected chi connectivity index (χ4v) is 6.69. The van der Waals surface area contributed by atoms with E-state index in [0.29, 0.717) is 24.9 Å². The predicted octanol–water partition coefficient (Wildman–Crippen LogP) is 12.6. The van der Waals surface area contributed by atoms with Gasteiger partial charge in [0.05, 0.1) is 0 Å². The zero-order valence-corrected chi connectivity index (χ0v) is 43.9. The number of carbonyl (C=O) groups excluding carboxylic acids is 4. The van der Waals surface area contributed by atoms with Crippen LogP contribution in [0, 0.1) is 6.92 Å². The van der Waals surface area contributed by atoms with Gasteiger partial charge in [0.25, 0.3) is 11.8 Å². The van der Waals surface area contributed by atoms with Crippen molar-refractivity contribution in [1.82, 2.24) is 10.6 Å². The summed E-state index contributed by atoms with van der Waals surface area (Å²) in [4.78, 5) is 47.6. The third-order valence-electron chi connectivity index (χ3n) is 11.4. The van der Waals surface area contributed by atoms with Crippen LogP contribution in [0.15, 0.2) is 112 Å². The van der Waals surface area contributed by atoms with E-state index in [1.54, 1.807) is 13.0 Å². The first kappa shape index (κ1) is 61.7. The number of phenolic OH excluding ortho intramolecular Hbond substituents is 4. The van der Waals surface area contributed by atoms with Gasteiger partial charge in [0, 0.05) is 25.6 Å². The van der Waals surface area contributed by atoms with Crippen LogP contribution in [0.25, 0.3) is 0 Å². The minimum Gasteiger partial charge on any atom is -0.504 e. The van der Waals surface area contributed by atoms with Crippen LogP contribution in [0.1, 0.15) is 162 Å². The molecule has 2 amide bonds. The number of phenols is 4. The third-order valence-corrected chi connectivity index (χ3v) is 11.4. The molecule has 0 radical (unpaired) electrons. The number of esters is 2. The zero-order valence-electron chi connectivity index (χ0n) is 43.9. The summed E-state index contributed by atoms with van der Waals surface area (Å²) in [7, 11) is 0. The van der Waals surface area contributed by atoms with Crippen LogP contribution in [0.5, 0.6) is 23.0 Å². The summed E-state index contributed by atoms with van der Waals surface area (Å²) < 4.78 is 10.0. The smallest absolute Gasteiger partial charge is 0.331 e. The molecule has 0 unspecified atom stereocenters. The van der Waals surface area contributed by atoms with Gasteiger partial charge in [-0.25, -0.2) is 4.79 Å². The fourth-order valence-electron chi connectivity index (χ4n) is 6.69. The molecule has 12 nitrogen and oxygen atoms in total. The van der Waals surface area contributed by atoms with Gasteiger partial charge in [-0.3, -0.25) is 14.4 Å². The number of allylic oxidation sites excluding steroid dienone is 13. The average Bonchev–Trinajstić information content (AvgIpc) is 3.30. The minimum atomic E-state index is -0.526. The van der Waals surface area contributed by atoms with Gasteiger partial charge in [0.1, 0.15) is 0 Å². The lowest BCUT2D eigenvalue weighted by molar-refractivity contribution is -0.148. The van der Waals surface area contributed by atoms with E-state index in [4.69, 9.17) is 9.47 Å². The summed E-state index contributed by atoms with van der Waals surface area (Å²) in [6.07, 6.45) is 27.7. The quantitative estimate of drug-likeness (QED) is 0.0150. The van der Waals surface area contributed by atoms with Crippen LogP contribution in [0.3, 0.4) is 0 Å². The second-order valence-corrected chi connectivity index (χ2v) is 18.3. The van der Waals surface area contributed by atoms with Crippen LogP contribution >= 0.6 is 0 Å². The van der Waals surface area contributed by atoms with Crippen LogP contribution in [0.4, 0.5) is 0 Å². The van der Waals surface area contributed by atoms with Crippen molar-refractivity contribution >= 4 is 23.8 Å². The van der Waals surface area contributed by atoms with Gasteiger partial charge in [0.15, 0.2) is 36.2 Å². The summed E-state index contributed by atoms with van der Waals surface area (Å²) in [6, 6.07) is 7.32. The van der Waals surface area contributed by atoms with Gasteiger partial charge in [-0.05, 0) is 187 Å². The van der Waals surface area contributed by atoms with Gasteiger partial charge in [0.2, 0.25) is 0 Å². The van der Waals surface area contributed by atoms with E-state index in [9.17, 15) is 39.6 Å². The molecule has 2 aromatic carbocycles. The molecule has 0 atom stereocenters. The zero-order chi connectivity index (χ0) is 52.4. The molecular formula is C58H84N2O10. The molecule has 0 fully saturated rings. The average molecular weight is 969 g/mol. The summed E-state index contributed by atoms with van der Waals surface area (Å²) >= 11 is 0. The summed E-state index contributed by atoms with van der Waals surface area (Å²) in [6.45, 7) is 20.6. The fraction of sp³-hybridized carbons (Fsp3) is 0.483. The summed E-state index contributed by atoms with van der Waals surface area (Å²) in [5.41, 5.74) is 11.3. The van der Waals surface area contributed by atoms with Crippen molar-refractivity contribution in [2.45, 2.75) is 166 Å². The Kier molecular flexibility index (Phi) is 31.5. The number of nitrogens with one attached hydrogen (secondary N) is 2. The van der Waals surface area contributed by atoms with Crippen LogP contribution < -0.4 is 10.6 Å². The Bertz CT molecular complexity index is 2200. The Morgan fingerprint density at radius 1 is 0.529 bits per heavy atom. The van der Waals surface area contributed by atoms with E-state index in [1.807, 2.05) is 13.8 Å². The van der Waals surface area contributed by atoms with Gasteiger partial charge in [-0.1, -0.05) is 88.5 Å². The molecule has 12 heteroatoms. The molecule has 70 heavy (non-hydrogen) atoms. The number of aryl methyl sites for hydroxylation is 1. The van der Waals surface area contributed by atoms with Crippen molar-refractivity contribution in [3.8, 4) is 23.0 Å². The molecule has 0 heterocycles. The maximum absolute atomic E-state index is 12.1. The standard InChI is InChI=1S/C37H55NO5.C21H29NO5/c1-27(2)13-10-16-30(5)19-11-17-28(3)14-8-9-15-29(4)18-12-20-31(6)21-22-37(42)43-26-36(41)38-25-33-24-35(40)34(39)23-32(33)7;1-4-15(2)6-5-7-16(3)12-21(26)27-14-20(25)22-11-10-17-8-9-18(23)19(24)13-17/h13-15,19-20,23-24,39-40H,8-12,16-18,21-22,25-26H2,1-7H3,(H,38,41);6,8-9,12-13,23-24H,4-5,7,10-11,14H2,1-3H3,(H,22,25)/b28-14+,29-15+,30-19-,31-20+;15-6-,16-12+. The lowest BCUT2D eigenvalue weighted by atomic mass is 10.0. The molecule has 0 bridgehead atoms. The van der Waals surface area contributed by atoms with E-state index in [0.717, 1.165) is 92.9 Å². The normalized spacial score (nSPS) is 12.4. The number of aromatic hydroxyl groups is 4. The topological polar surface area (TPSA) is 192 Å². The van der Waals surface area contributed by atoms with Crippen molar-refractivity contribution in [3.05, 3.63) is 129 Å². The van der Waals surface area contributed by atoms with Gasteiger partial charge in [-0.15, -0.1) is 0 Å². The maximum atomic E-state index is 12.1. The number of unbranched alkanes of at least 4 members (excludes halogenated alkanes) is 1. The Balaban J connectivity index is 0.000000777. The molecule has 0 aromatic heterocycles. The molecule has 0 saturated carbocycles. The molecule has 0 aliphatic rings. The Morgan fingerprint density at radius 3 is 1.59 bits per heavy atom. The van der Waals surface area contributed by atoms with Crippen molar-refractivity contribution < 1.29 is 49.1 Å². The number of carbonyl (C=O) groups is 4. The van der Waals surface area contributed by atoms with E-state index in [2.05, 4.69) is 95.6 Å². The van der Waals surface area contributed by atoms with Crippen LogP contribution in [-0.4, -0.2) is 63.9 Å². The predicted molar refractivity (Wildman–Crippen MR) is 282 cm³/mol. The Labute approximate surface area is 419 Å². The van der Waals surface area contributed by atoms with Gasteiger partial charge in [-0.2, -0.15) is 0 Å². The maximum Gasteiger partial charge on any atom is 0.331 e. The highest BCUT2D eigenvalue weighted by Gasteiger charge is 2.11. The van der Waals surface area contributed by atoms with Crippen molar-refractivity contribution in [2.75, 3.05) is 19.8 Å². The van der Waals surface area contributed by atoms with E-state index in [1.165, 1.54) is 58.2 Å². The second-order valence-electron chi connectivity index (χ2n) is 18.3. The SMILES string of the molecule is CC(C)=CCC/C(C)=C\CC/C(C)=C/CC/C=C(\C)CC/C=C(\C)CCC(=O)OCC(=O)NCc1cc(O)c(O)cc1C.CC/C(C)=C\CC/C(C)=C/C(=O)OCC(=O)NCCc1ccc(O)c(O)c1. The Hall–Kier alpha value is -6.30. The highest BCUT2D eigenvalue weighted by molar-refractivity contribution is 5.86. The van der Waals surface area contributed by atoms with Crippen LogP contribution in [0.2, 0.25) is 0 Å². The van der Waals surface area contributed by atoms with Gasteiger partial charge >= 0.3 is 11.9 Å². The highest BCUT2D eigenvalue weighted by atomic mass is 16.5. The number of hydrogen-bond donors (Lipinski definition) is 6. The first-order chi connectivity index (χ1) is 33.2.